The molecule has 156 valence electrons. The third kappa shape index (κ3) is 3.39. The highest BCUT2D eigenvalue weighted by Gasteiger charge is 2.25. The van der Waals surface area contributed by atoms with Gasteiger partial charge in [-0.3, -0.25) is 9.48 Å². The quantitative estimate of drug-likeness (QED) is 0.627. The summed E-state index contributed by atoms with van der Waals surface area (Å²) in [5.74, 6) is 2.08. The number of hydrogen-bond donors (Lipinski definition) is 0. The molecule has 4 heterocycles. The first-order valence-corrected chi connectivity index (χ1v) is 10.2. The summed E-state index contributed by atoms with van der Waals surface area (Å²) in [7, 11) is 1.86. The van der Waals surface area contributed by atoms with Gasteiger partial charge in [0.25, 0.3) is 0 Å². The number of carbonyl (C=O) groups excluding carboxylic acids is 1. The Balaban J connectivity index is 1.25. The van der Waals surface area contributed by atoms with E-state index < -0.39 is 0 Å². The molecule has 5 rings (SSSR count). The van der Waals surface area contributed by atoms with Gasteiger partial charge in [-0.25, -0.2) is 9.97 Å². The van der Waals surface area contributed by atoms with E-state index >= 15 is 0 Å². The molecular weight excluding hydrogens is 408 g/mol. The van der Waals surface area contributed by atoms with Crippen molar-refractivity contribution >= 4 is 34.4 Å². The van der Waals surface area contributed by atoms with Crippen molar-refractivity contribution in [3.63, 3.8) is 0 Å². The molecule has 1 fully saturated rings. The number of aryl methyl sites for hydroxylation is 1. The lowest BCUT2D eigenvalue weighted by molar-refractivity contribution is -0.130. The molecule has 2 aromatic heterocycles. The zero-order chi connectivity index (χ0) is 20.7. The maximum Gasteiger partial charge on any atom is 0.227 e. The Kier molecular flexibility index (Phi) is 4.82. The van der Waals surface area contributed by atoms with Crippen LogP contribution < -0.4 is 14.4 Å². The van der Waals surface area contributed by atoms with Crippen LogP contribution in [0.2, 0.25) is 5.02 Å². The summed E-state index contributed by atoms with van der Waals surface area (Å²) < 4.78 is 12.9. The van der Waals surface area contributed by atoms with Crippen molar-refractivity contribution < 1.29 is 14.3 Å². The Labute approximate surface area is 178 Å². The largest absolute Gasteiger partial charge is 0.486 e. The number of rotatable bonds is 3. The Morgan fingerprint density at radius 3 is 2.77 bits per heavy atom. The monoisotopic (exact) mass is 428 g/mol. The smallest absolute Gasteiger partial charge is 0.227 e. The van der Waals surface area contributed by atoms with Crippen LogP contribution in [-0.4, -0.2) is 69.9 Å². The van der Waals surface area contributed by atoms with Gasteiger partial charge in [0, 0.05) is 33.2 Å². The van der Waals surface area contributed by atoms with Crippen molar-refractivity contribution in [2.45, 2.75) is 6.42 Å². The number of ether oxygens (including phenoxy) is 2. The normalized spacial score (nSPS) is 16.2. The Morgan fingerprint density at radius 2 is 1.93 bits per heavy atom. The standard InChI is InChI=1S/C20H21ClN6O3/c1-25-19-14(11-24-25)20(23-12-22-19)27-4-2-26(3-5-27)17(28)10-13-8-15(21)18-16(9-13)29-6-7-30-18/h8-9,11-12H,2-7,10H2,1H3. The first-order chi connectivity index (χ1) is 14.6. The van der Waals surface area contributed by atoms with E-state index in [0.717, 1.165) is 22.4 Å². The van der Waals surface area contributed by atoms with Crippen molar-refractivity contribution in [1.82, 2.24) is 24.6 Å². The van der Waals surface area contributed by atoms with Crippen LogP contribution in [0.15, 0.2) is 24.7 Å². The molecule has 0 saturated carbocycles. The maximum atomic E-state index is 12.9. The number of piperazine rings is 1. The van der Waals surface area contributed by atoms with E-state index in [9.17, 15) is 4.79 Å². The Bertz CT molecular complexity index is 1110. The summed E-state index contributed by atoms with van der Waals surface area (Å²) in [4.78, 5) is 25.7. The second-order valence-corrected chi connectivity index (χ2v) is 7.76. The van der Waals surface area contributed by atoms with Crippen molar-refractivity contribution in [3.05, 3.63) is 35.2 Å². The van der Waals surface area contributed by atoms with Gasteiger partial charge < -0.3 is 19.3 Å². The van der Waals surface area contributed by atoms with Gasteiger partial charge in [-0.05, 0) is 17.7 Å². The second-order valence-electron chi connectivity index (χ2n) is 7.35. The van der Waals surface area contributed by atoms with E-state index in [-0.39, 0.29) is 12.3 Å². The second kappa shape index (κ2) is 7.64. The first-order valence-electron chi connectivity index (χ1n) is 9.83. The first kappa shape index (κ1) is 18.9. The molecule has 3 aromatic rings. The number of carbonyl (C=O) groups is 1. The van der Waals surface area contributed by atoms with Gasteiger partial charge in [-0.2, -0.15) is 5.10 Å². The maximum absolute atomic E-state index is 12.9. The average molecular weight is 429 g/mol. The summed E-state index contributed by atoms with van der Waals surface area (Å²) in [5.41, 5.74) is 1.62. The van der Waals surface area contributed by atoms with Gasteiger partial charge in [0.05, 0.1) is 23.0 Å². The van der Waals surface area contributed by atoms with Gasteiger partial charge in [-0.1, -0.05) is 11.6 Å². The van der Waals surface area contributed by atoms with Crippen molar-refractivity contribution in [1.29, 1.82) is 0 Å². The van der Waals surface area contributed by atoms with Crippen LogP contribution in [0.1, 0.15) is 5.56 Å². The number of anilines is 1. The molecule has 30 heavy (non-hydrogen) atoms. The summed E-state index contributed by atoms with van der Waals surface area (Å²) >= 11 is 6.30. The number of aromatic nitrogens is 4. The topological polar surface area (TPSA) is 85.6 Å². The average Bonchev–Trinajstić information content (AvgIpc) is 3.15. The van der Waals surface area contributed by atoms with Crippen molar-refractivity contribution in [2.24, 2.45) is 7.05 Å². The lowest BCUT2D eigenvalue weighted by Crippen LogP contribution is -2.49. The van der Waals surface area contributed by atoms with Crippen LogP contribution >= 0.6 is 11.6 Å². The van der Waals surface area contributed by atoms with E-state index in [1.165, 1.54) is 0 Å². The minimum atomic E-state index is 0.0663. The fourth-order valence-corrected chi connectivity index (χ4v) is 4.21. The van der Waals surface area contributed by atoms with Crippen LogP contribution in [0.3, 0.4) is 0 Å². The van der Waals surface area contributed by atoms with Crippen LogP contribution in [-0.2, 0) is 18.3 Å². The molecule has 2 aliphatic rings. The zero-order valence-electron chi connectivity index (χ0n) is 16.5. The number of nitrogens with zero attached hydrogens (tertiary/aromatic N) is 6. The van der Waals surface area contributed by atoms with Gasteiger partial charge in [-0.15, -0.1) is 0 Å². The molecule has 0 bridgehead atoms. The Morgan fingerprint density at radius 1 is 1.13 bits per heavy atom. The molecule has 1 saturated heterocycles. The molecule has 0 spiro atoms. The third-order valence-corrected chi connectivity index (χ3v) is 5.73. The van der Waals surface area contributed by atoms with Crippen LogP contribution in [0.5, 0.6) is 11.5 Å². The lowest BCUT2D eigenvalue weighted by atomic mass is 10.1. The number of benzene rings is 1. The summed E-state index contributed by atoms with van der Waals surface area (Å²) in [6.07, 6.45) is 3.62. The minimum absolute atomic E-state index is 0.0663. The summed E-state index contributed by atoms with van der Waals surface area (Å²) in [5, 5.41) is 5.67. The van der Waals surface area contributed by atoms with Gasteiger partial charge in [0.15, 0.2) is 17.1 Å². The third-order valence-electron chi connectivity index (χ3n) is 5.45. The van der Waals surface area contributed by atoms with Gasteiger partial charge in [0.1, 0.15) is 25.4 Å². The van der Waals surface area contributed by atoms with Gasteiger partial charge >= 0.3 is 0 Å². The van der Waals surface area contributed by atoms with Crippen molar-refractivity contribution in [3.8, 4) is 11.5 Å². The highest BCUT2D eigenvalue weighted by atomic mass is 35.5. The fraction of sp³-hybridized carbons (Fsp3) is 0.400. The van der Waals surface area contributed by atoms with E-state index in [4.69, 9.17) is 21.1 Å². The summed E-state index contributed by atoms with van der Waals surface area (Å²) in [6, 6.07) is 3.62. The lowest BCUT2D eigenvalue weighted by Gasteiger charge is -2.35. The molecule has 0 unspecified atom stereocenters. The number of fused-ring (bicyclic) bond motifs is 2. The highest BCUT2D eigenvalue weighted by molar-refractivity contribution is 6.32. The van der Waals surface area contributed by atoms with E-state index in [1.54, 1.807) is 23.3 Å². The highest BCUT2D eigenvalue weighted by Crippen LogP contribution is 2.38. The van der Waals surface area contributed by atoms with Crippen LogP contribution in [0.4, 0.5) is 5.82 Å². The molecule has 10 heteroatoms. The molecule has 0 radical (unpaired) electrons. The van der Waals surface area contributed by atoms with Crippen molar-refractivity contribution in [2.75, 3.05) is 44.3 Å². The molecule has 1 aromatic carbocycles. The SMILES string of the molecule is Cn1ncc2c(N3CCN(C(=O)Cc4cc(Cl)c5c(c4)OCCO5)CC3)ncnc21. The van der Waals surface area contributed by atoms with Crippen LogP contribution in [0.25, 0.3) is 11.0 Å². The van der Waals surface area contributed by atoms with E-state index in [0.29, 0.717) is 55.9 Å². The molecular formula is C20H21ClN6O3. The van der Waals surface area contributed by atoms with Crippen LogP contribution in [0, 0.1) is 0 Å². The molecule has 9 nitrogen and oxygen atoms in total. The molecule has 0 aliphatic carbocycles. The van der Waals surface area contributed by atoms with E-state index in [1.807, 2.05) is 18.0 Å². The fourth-order valence-electron chi connectivity index (χ4n) is 3.92. The molecule has 2 aliphatic heterocycles. The summed E-state index contributed by atoms with van der Waals surface area (Å²) in [6.45, 7) is 3.62. The molecule has 1 amide bonds. The minimum Gasteiger partial charge on any atom is -0.486 e. The number of hydrogen-bond acceptors (Lipinski definition) is 7. The zero-order valence-corrected chi connectivity index (χ0v) is 17.3. The van der Waals surface area contributed by atoms with E-state index in [2.05, 4.69) is 20.0 Å². The predicted octanol–water partition coefficient (Wildman–Crippen LogP) is 1.68. The number of amides is 1. The predicted molar refractivity (Wildman–Crippen MR) is 111 cm³/mol. The van der Waals surface area contributed by atoms with Gasteiger partial charge in [0.2, 0.25) is 5.91 Å². The molecule has 0 atom stereocenters. The number of halogens is 1. The molecule has 0 N–H and O–H groups in total. The Hall–Kier alpha value is -3.07.